The molecule has 2 aromatic rings. The molecule has 0 saturated carbocycles. The van der Waals surface area contributed by atoms with Gasteiger partial charge in [-0.15, -0.1) is 0 Å². The van der Waals surface area contributed by atoms with Crippen LogP contribution < -0.4 is 5.73 Å². The molecule has 0 atom stereocenters. The number of nitrogens with zero attached hydrogens (tertiary/aromatic N) is 2. The van der Waals surface area contributed by atoms with Crippen molar-refractivity contribution in [2.75, 3.05) is 17.2 Å². The van der Waals surface area contributed by atoms with Crippen LogP contribution in [0.1, 0.15) is 6.92 Å². The zero-order chi connectivity index (χ0) is 14.8. The van der Waals surface area contributed by atoms with Gasteiger partial charge in [-0.1, -0.05) is 19.1 Å². The first kappa shape index (κ1) is 14.5. The predicted molar refractivity (Wildman–Crippen MR) is 76.4 cm³/mol. The first-order valence-corrected chi connectivity index (χ1v) is 8.03. The molecule has 0 saturated heterocycles. The second-order valence-corrected chi connectivity index (χ2v) is 6.87. The summed E-state index contributed by atoms with van der Waals surface area (Å²) in [7, 11) is -3.09. The number of benzene rings is 1. The summed E-state index contributed by atoms with van der Waals surface area (Å²) in [6, 6.07) is 7.77. The van der Waals surface area contributed by atoms with E-state index in [1.165, 1.54) is 16.8 Å². The monoisotopic (exact) mass is 297 g/mol. The molecule has 1 heterocycles. The third kappa shape index (κ3) is 3.16. The van der Waals surface area contributed by atoms with Gasteiger partial charge >= 0.3 is 0 Å². The summed E-state index contributed by atoms with van der Waals surface area (Å²) < 4.78 is 38.0. The van der Waals surface area contributed by atoms with Crippen LogP contribution in [0.5, 0.6) is 0 Å². The van der Waals surface area contributed by atoms with Gasteiger partial charge in [0.05, 0.1) is 18.0 Å². The largest absolute Gasteiger partial charge is 0.384 e. The van der Waals surface area contributed by atoms with E-state index in [-0.39, 0.29) is 18.1 Å². The maximum absolute atomic E-state index is 13.7. The molecular weight excluding hydrogens is 281 g/mol. The van der Waals surface area contributed by atoms with Gasteiger partial charge in [0.25, 0.3) is 0 Å². The molecule has 0 fully saturated rings. The molecule has 5 nitrogen and oxygen atoms in total. The summed E-state index contributed by atoms with van der Waals surface area (Å²) in [6.07, 6.45) is 0. The fourth-order valence-corrected chi connectivity index (χ4v) is 2.52. The molecule has 0 unspecified atom stereocenters. The first-order chi connectivity index (χ1) is 9.43. The molecule has 0 aliphatic carbocycles. The summed E-state index contributed by atoms with van der Waals surface area (Å²) in [5.41, 5.74) is 6.52. The van der Waals surface area contributed by atoms with E-state index < -0.39 is 15.7 Å². The Balaban J connectivity index is 2.25. The maximum Gasteiger partial charge on any atom is 0.151 e. The van der Waals surface area contributed by atoms with E-state index in [0.29, 0.717) is 17.1 Å². The third-order valence-electron chi connectivity index (χ3n) is 3.01. The number of sulfone groups is 1. The van der Waals surface area contributed by atoms with Crippen molar-refractivity contribution in [1.29, 1.82) is 0 Å². The average Bonchev–Trinajstić information content (AvgIpc) is 2.78. The van der Waals surface area contributed by atoms with Crippen molar-refractivity contribution in [1.82, 2.24) is 9.78 Å². The number of halogens is 1. The van der Waals surface area contributed by atoms with E-state index in [1.807, 2.05) is 0 Å². The van der Waals surface area contributed by atoms with Gasteiger partial charge in [0.1, 0.15) is 11.6 Å². The van der Waals surface area contributed by atoms with Gasteiger partial charge in [-0.3, -0.25) is 0 Å². The molecular formula is C13H16FN3O2S. The van der Waals surface area contributed by atoms with Crippen molar-refractivity contribution in [2.45, 2.75) is 13.5 Å². The molecule has 108 valence electrons. The molecule has 0 amide bonds. The van der Waals surface area contributed by atoms with Crippen LogP contribution in [0.25, 0.3) is 11.3 Å². The highest BCUT2D eigenvalue weighted by Gasteiger charge is 2.13. The molecule has 2 rings (SSSR count). The normalized spacial score (nSPS) is 11.7. The molecule has 0 aliphatic heterocycles. The van der Waals surface area contributed by atoms with E-state index in [0.717, 1.165) is 0 Å². The minimum atomic E-state index is -3.09. The van der Waals surface area contributed by atoms with E-state index in [2.05, 4.69) is 5.10 Å². The van der Waals surface area contributed by atoms with Crippen molar-refractivity contribution in [3.8, 4) is 11.3 Å². The Bertz CT molecular complexity index is 710. The van der Waals surface area contributed by atoms with Crippen LogP contribution in [0.2, 0.25) is 0 Å². The fourth-order valence-electron chi connectivity index (χ4n) is 1.78. The Kier molecular flexibility index (Phi) is 4.08. The number of hydrogen-bond donors (Lipinski definition) is 1. The summed E-state index contributed by atoms with van der Waals surface area (Å²) in [6.45, 7) is 1.75. The number of rotatable bonds is 5. The van der Waals surface area contributed by atoms with Crippen LogP contribution in [-0.4, -0.2) is 29.7 Å². The minimum absolute atomic E-state index is 0.0356. The Labute approximate surface area is 117 Å². The maximum atomic E-state index is 13.7. The smallest absolute Gasteiger partial charge is 0.151 e. The highest BCUT2D eigenvalue weighted by Crippen LogP contribution is 2.23. The van der Waals surface area contributed by atoms with E-state index in [9.17, 15) is 12.8 Å². The van der Waals surface area contributed by atoms with Crippen molar-refractivity contribution < 1.29 is 12.8 Å². The quantitative estimate of drug-likeness (QED) is 0.911. The topological polar surface area (TPSA) is 78.0 Å². The minimum Gasteiger partial charge on any atom is -0.384 e. The SMILES string of the molecule is CCS(=O)(=O)CCn1nc(-c2ccccc2F)cc1N. The van der Waals surface area contributed by atoms with E-state index >= 15 is 0 Å². The molecule has 1 aromatic heterocycles. The van der Waals surface area contributed by atoms with E-state index in [4.69, 9.17) is 5.73 Å². The standard InChI is InChI=1S/C13H16FN3O2S/c1-2-20(18,19)8-7-17-13(15)9-12(16-17)10-5-3-4-6-11(10)14/h3-6,9H,2,7-8,15H2,1H3. The summed E-state index contributed by atoms with van der Waals surface area (Å²) in [5.74, 6) is -0.0339. The van der Waals surface area contributed by atoms with Gasteiger partial charge in [0, 0.05) is 17.4 Å². The van der Waals surface area contributed by atoms with Crippen molar-refractivity contribution in [3.63, 3.8) is 0 Å². The van der Waals surface area contributed by atoms with Crippen molar-refractivity contribution in [3.05, 3.63) is 36.1 Å². The van der Waals surface area contributed by atoms with Gasteiger partial charge < -0.3 is 5.73 Å². The van der Waals surface area contributed by atoms with E-state index in [1.54, 1.807) is 25.1 Å². The van der Waals surface area contributed by atoms with Gasteiger partial charge in [0.2, 0.25) is 0 Å². The molecule has 1 aromatic carbocycles. The molecule has 20 heavy (non-hydrogen) atoms. The summed E-state index contributed by atoms with van der Waals surface area (Å²) >= 11 is 0. The molecule has 0 spiro atoms. The lowest BCUT2D eigenvalue weighted by molar-refractivity contribution is 0.583. The number of nitrogens with two attached hydrogens (primary N) is 1. The Morgan fingerprint density at radius 3 is 2.70 bits per heavy atom. The second-order valence-electron chi connectivity index (χ2n) is 4.39. The van der Waals surface area contributed by atoms with Crippen LogP contribution in [-0.2, 0) is 16.4 Å². The Hall–Kier alpha value is -1.89. The second kappa shape index (κ2) is 5.62. The number of anilines is 1. The third-order valence-corrected chi connectivity index (χ3v) is 4.70. The molecule has 0 aliphatic rings. The fraction of sp³-hybridized carbons (Fsp3) is 0.308. The molecule has 7 heteroatoms. The van der Waals surface area contributed by atoms with Crippen LogP contribution in [0.3, 0.4) is 0 Å². The number of hydrogen-bond acceptors (Lipinski definition) is 4. The molecule has 0 radical (unpaired) electrons. The van der Waals surface area contributed by atoms with Gasteiger partial charge in [-0.25, -0.2) is 17.5 Å². The number of aromatic nitrogens is 2. The zero-order valence-electron chi connectivity index (χ0n) is 11.1. The van der Waals surface area contributed by atoms with Gasteiger partial charge in [0.15, 0.2) is 9.84 Å². The zero-order valence-corrected chi connectivity index (χ0v) is 11.9. The van der Waals surface area contributed by atoms with Crippen molar-refractivity contribution in [2.24, 2.45) is 0 Å². The molecule has 2 N–H and O–H groups in total. The predicted octanol–water partition coefficient (Wildman–Crippen LogP) is 1.71. The van der Waals surface area contributed by atoms with Crippen LogP contribution >= 0.6 is 0 Å². The first-order valence-electron chi connectivity index (χ1n) is 6.21. The van der Waals surface area contributed by atoms with Crippen LogP contribution in [0, 0.1) is 5.82 Å². The van der Waals surface area contributed by atoms with Crippen LogP contribution in [0.15, 0.2) is 30.3 Å². The highest BCUT2D eigenvalue weighted by atomic mass is 32.2. The lowest BCUT2D eigenvalue weighted by Gasteiger charge is -2.04. The number of nitrogen functional groups attached to an aromatic ring is 1. The summed E-state index contributed by atoms with van der Waals surface area (Å²) in [4.78, 5) is 0. The highest BCUT2D eigenvalue weighted by molar-refractivity contribution is 7.91. The summed E-state index contributed by atoms with van der Waals surface area (Å²) in [5, 5.41) is 4.17. The molecule has 0 bridgehead atoms. The van der Waals surface area contributed by atoms with Crippen LogP contribution in [0.4, 0.5) is 10.2 Å². The van der Waals surface area contributed by atoms with Crippen molar-refractivity contribution >= 4 is 15.7 Å². The lowest BCUT2D eigenvalue weighted by Crippen LogP contribution is -2.16. The Morgan fingerprint density at radius 2 is 2.05 bits per heavy atom. The number of aryl methyl sites for hydroxylation is 1. The van der Waals surface area contributed by atoms with Gasteiger partial charge in [-0.2, -0.15) is 5.10 Å². The Morgan fingerprint density at radius 1 is 1.35 bits per heavy atom. The van der Waals surface area contributed by atoms with Gasteiger partial charge in [-0.05, 0) is 12.1 Å². The average molecular weight is 297 g/mol. The lowest BCUT2D eigenvalue weighted by atomic mass is 10.1.